The number of aliphatic carboxylic acids is 1. The molecule has 0 unspecified atom stereocenters. The highest BCUT2D eigenvalue weighted by atomic mass is 35.5. The van der Waals surface area contributed by atoms with E-state index < -0.39 is 5.97 Å². The molecule has 0 saturated heterocycles. The second-order valence-corrected chi connectivity index (χ2v) is 8.30. The summed E-state index contributed by atoms with van der Waals surface area (Å²) in [6, 6.07) is 10.4. The number of carboxylic acids is 1. The highest BCUT2D eigenvalue weighted by Crippen LogP contribution is 2.36. The maximum Gasteiger partial charge on any atom is 0.303 e. The molecule has 0 fully saturated rings. The zero-order chi connectivity index (χ0) is 24.2. The predicted octanol–water partition coefficient (Wildman–Crippen LogP) is 6.85. The van der Waals surface area contributed by atoms with Crippen LogP contribution in [0.4, 0.5) is 5.69 Å². The number of allylic oxidation sites excluding steroid dienone is 1. The molecule has 0 atom stereocenters. The lowest BCUT2D eigenvalue weighted by molar-refractivity contribution is -0.137. The Kier molecular flexibility index (Phi) is 11.1. The third-order valence-electron chi connectivity index (χ3n) is 4.73. The summed E-state index contributed by atoms with van der Waals surface area (Å²) in [6.45, 7) is 4.69. The molecule has 0 saturated carbocycles. The minimum atomic E-state index is -0.878. The molecular formula is C25H29Cl2NO5. The third-order valence-corrected chi connectivity index (χ3v) is 5.29. The fourth-order valence-electron chi connectivity index (χ4n) is 3.00. The monoisotopic (exact) mass is 493 g/mol. The largest absolute Gasteiger partial charge is 0.491 e. The Hall–Kier alpha value is -2.70. The van der Waals surface area contributed by atoms with Gasteiger partial charge in [-0.1, -0.05) is 55.1 Å². The number of carbonyl (C=O) groups is 2. The number of amides is 1. The molecule has 0 aliphatic carbocycles. The highest BCUT2D eigenvalue weighted by Gasteiger charge is 2.12. The average molecular weight is 494 g/mol. The molecule has 1 amide bonds. The molecule has 0 aliphatic rings. The minimum Gasteiger partial charge on any atom is -0.491 e. The van der Waals surface area contributed by atoms with E-state index in [1.165, 1.54) is 6.08 Å². The van der Waals surface area contributed by atoms with Crippen LogP contribution in [0.15, 0.2) is 42.5 Å². The van der Waals surface area contributed by atoms with E-state index in [1.54, 1.807) is 43.3 Å². The number of nitrogens with one attached hydrogen (secondary N) is 1. The molecule has 33 heavy (non-hydrogen) atoms. The molecule has 0 spiro atoms. The van der Waals surface area contributed by atoms with Crippen LogP contribution in [0.5, 0.6) is 11.5 Å². The van der Waals surface area contributed by atoms with Crippen molar-refractivity contribution < 1.29 is 24.2 Å². The molecular weight excluding hydrogens is 465 g/mol. The normalized spacial score (nSPS) is 11.2. The van der Waals surface area contributed by atoms with E-state index in [0.717, 1.165) is 19.3 Å². The van der Waals surface area contributed by atoms with Gasteiger partial charge in [0.2, 0.25) is 5.91 Å². The molecule has 2 N–H and O–H groups in total. The van der Waals surface area contributed by atoms with Gasteiger partial charge >= 0.3 is 5.97 Å². The fraction of sp³-hybridized carbons (Fsp3) is 0.360. The van der Waals surface area contributed by atoms with Crippen LogP contribution in [-0.2, 0) is 9.59 Å². The van der Waals surface area contributed by atoms with Crippen LogP contribution in [0.1, 0.15) is 51.5 Å². The van der Waals surface area contributed by atoms with Gasteiger partial charge in [-0.2, -0.15) is 0 Å². The lowest BCUT2D eigenvalue weighted by Gasteiger charge is -2.13. The number of carbonyl (C=O) groups excluding carboxylic acids is 1. The van der Waals surface area contributed by atoms with Crippen LogP contribution < -0.4 is 14.8 Å². The molecule has 0 radical (unpaired) electrons. The number of ether oxygens (including phenoxy) is 2. The van der Waals surface area contributed by atoms with Crippen LogP contribution in [0.25, 0.3) is 5.57 Å². The van der Waals surface area contributed by atoms with Crippen LogP contribution >= 0.6 is 23.2 Å². The molecule has 0 bridgehead atoms. The molecule has 2 rings (SSSR count). The molecule has 2 aromatic rings. The van der Waals surface area contributed by atoms with Crippen LogP contribution in [0.2, 0.25) is 10.0 Å². The Morgan fingerprint density at radius 3 is 2.36 bits per heavy atom. The maximum atomic E-state index is 12.6. The lowest BCUT2D eigenvalue weighted by atomic mass is 10.1. The Labute approximate surface area is 204 Å². The number of benzene rings is 2. The topological polar surface area (TPSA) is 84.9 Å². The standard InChI is InChI=1S/C25H29Cl2NO5/c1-3-4-7-12-33-25-19(26)15-18(16-20(25)27)17(2)14-23(29)28-21-9-5-6-10-22(21)32-13-8-11-24(30)31/h5-6,9-10,14-16H,3-4,7-8,11-13H2,1-2H3,(H,28,29)(H,30,31). The number of unbranched alkanes of at least 4 members (excludes halogenated alkanes) is 2. The summed E-state index contributed by atoms with van der Waals surface area (Å²) in [5.41, 5.74) is 1.88. The van der Waals surface area contributed by atoms with Gasteiger partial charge in [0.15, 0.2) is 5.75 Å². The predicted molar refractivity (Wildman–Crippen MR) is 133 cm³/mol. The SMILES string of the molecule is CCCCCOc1c(Cl)cc(C(C)=CC(=O)Nc2ccccc2OCCCC(=O)O)cc1Cl. The van der Waals surface area contributed by atoms with E-state index >= 15 is 0 Å². The Morgan fingerprint density at radius 2 is 1.70 bits per heavy atom. The first kappa shape index (κ1) is 26.6. The lowest BCUT2D eigenvalue weighted by Crippen LogP contribution is -2.11. The smallest absolute Gasteiger partial charge is 0.303 e. The van der Waals surface area contributed by atoms with Crippen molar-refractivity contribution in [2.24, 2.45) is 0 Å². The van der Waals surface area contributed by atoms with Crippen molar-refractivity contribution in [1.29, 1.82) is 0 Å². The highest BCUT2D eigenvalue weighted by molar-refractivity contribution is 6.37. The van der Waals surface area contributed by atoms with Gasteiger partial charge in [0.25, 0.3) is 0 Å². The number of hydrogen-bond donors (Lipinski definition) is 2. The zero-order valence-electron chi connectivity index (χ0n) is 18.8. The fourth-order valence-corrected chi connectivity index (χ4v) is 3.60. The Bertz CT molecular complexity index is 968. The molecule has 8 heteroatoms. The Morgan fingerprint density at radius 1 is 1.03 bits per heavy atom. The summed E-state index contributed by atoms with van der Waals surface area (Å²) in [7, 11) is 0. The number of hydrogen-bond acceptors (Lipinski definition) is 4. The number of halogens is 2. The van der Waals surface area contributed by atoms with Gasteiger partial charge < -0.3 is 19.9 Å². The molecule has 0 aliphatic heterocycles. The number of anilines is 1. The summed E-state index contributed by atoms with van der Waals surface area (Å²) in [5, 5.41) is 12.3. The molecule has 2 aromatic carbocycles. The summed E-state index contributed by atoms with van der Waals surface area (Å²) in [4.78, 5) is 23.2. The summed E-state index contributed by atoms with van der Waals surface area (Å²) in [6.07, 6.45) is 4.93. The van der Waals surface area contributed by atoms with Gasteiger partial charge in [0, 0.05) is 12.5 Å². The van der Waals surface area contributed by atoms with Crippen molar-refractivity contribution in [2.45, 2.75) is 46.0 Å². The van der Waals surface area contributed by atoms with Gasteiger partial charge in [0.1, 0.15) is 5.75 Å². The Balaban J connectivity index is 2.05. The second-order valence-electron chi connectivity index (χ2n) is 7.48. The van der Waals surface area contributed by atoms with Crippen molar-refractivity contribution in [2.75, 3.05) is 18.5 Å². The van der Waals surface area contributed by atoms with Crippen molar-refractivity contribution in [3.8, 4) is 11.5 Å². The van der Waals surface area contributed by atoms with Gasteiger partial charge in [-0.3, -0.25) is 9.59 Å². The first-order valence-electron chi connectivity index (χ1n) is 10.9. The summed E-state index contributed by atoms with van der Waals surface area (Å²) < 4.78 is 11.3. The van der Waals surface area contributed by atoms with Crippen molar-refractivity contribution >= 4 is 46.3 Å². The van der Waals surface area contributed by atoms with Crippen molar-refractivity contribution in [1.82, 2.24) is 0 Å². The quantitative estimate of drug-likeness (QED) is 0.235. The van der Waals surface area contributed by atoms with E-state index in [-0.39, 0.29) is 18.9 Å². The van der Waals surface area contributed by atoms with E-state index in [0.29, 0.717) is 51.4 Å². The minimum absolute atomic E-state index is 0.0180. The van der Waals surface area contributed by atoms with E-state index in [1.807, 2.05) is 0 Å². The van der Waals surface area contributed by atoms with Crippen molar-refractivity contribution in [3.63, 3.8) is 0 Å². The third kappa shape index (κ3) is 8.98. The maximum absolute atomic E-state index is 12.6. The van der Waals surface area contributed by atoms with E-state index in [2.05, 4.69) is 12.2 Å². The number of rotatable bonds is 13. The van der Waals surface area contributed by atoms with Crippen LogP contribution in [0, 0.1) is 0 Å². The van der Waals surface area contributed by atoms with E-state index in [9.17, 15) is 9.59 Å². The van der Waals surface area contributed by atoms with Gasteiger partial charge in [-0.25, -0.2) is 0 Å². The zero-order valence-corrected chi connectivity index (χ0v) is 20.3. The summed E-state index contributed by atoms with van der Waals surface area (Å²) in [5.74, 6) is -0.305. The first-order valence-corrected chi connectivity index (χ1v) is 11.6. The number of para-hydroxylation sites is 2. The van der Waals surface area contributed by atoms with Crippen LogP contribution in [-0.4, -0.2) is 30.2 Å². The summed E-state index contributed by atoms with van der Waals surface area (Å²) >= 11 is 12.7. The van der Waals surface area contributed by atoms with Crippen molar-refractivity contribution in [3.05, 3.63) is 58.1 Å². The molecule has 0 aromatic heterocycles. The number of carboxylic acid groups (broad SMARTS) is 1. The van der Waals surface area contributed by atoms with Gasteiger partial charge in [-0.05, 0) is 55.2 Å². The first-order chi connectivity index (χ1) is 15.8. The second kappa shape index (κ2) is 13.8. The molecule has 178 valence electrons. The van der Waals surface area contributed by atoms with Crippen LogP contribution in [0.3, 0.4) is 0 Å². The molecule has 6 nitrogen and oxygen atoms in total. The van der Waals surface area contributed by atoms with E-state index in [4.69, 9.17) is 37.8 Å². The van der Waals surface area contributed by atoms with Gasteiger partial charge in [0.05, 0.1) is 28.9 Å². The molecule has 0 heterocycles. The van der Waals surface area contributed by atoms with Gasteiger partial charge in [-0.15, -0.1) is 0 Å². The average Bonchev–Trinajstić information content (AvgIpc) is 2.76.